The summed E-state index contributed by atoms with van der Waals surface area (Å²) in [5.74, 6) is -0.791. The van der Waals surface area contributed by atoms with Gasteiger partial charge in [0.15, 0.2) is 0 Å². The molecule has 0 aliphatic heterocycles. The van der Waals surface area contributed by atoms with Crippen LogP contribution in [-0.2, 0) is 21.2 Å². The van der Waals surface area contributed by atoms with Crippen LogP contribution in [0.4, 0.5) is 10.1 Å². The molecule has 5 nitrogen and oxygen atoms in total. The van der Waals surface area contributed by atoms with E-state index in [2.05, 4.69) is 5.32 Å². The van der Waals surface area contributed by atoms with Gasteiger partial charge >= 0.3 is 0 Å². The fourth-order valence-electron chi connectivity index (χ4n) is 2.86. The van der Waals surface area contributed by atoms with Gasteiger partial charge in [-0.2, -0.15) is 0 Å². The summed E-state index contributed by atoms with van der Waals surface area (Å²) >= 11 is 0. The number of aryl methyl sites for hydroxylation is 1. The lowest BCUT2D eigenvalue weighted by molar-refractivity contribution is -0.122. The first-order valence-electron chi connectivity index (χ1n) is 8.77. The predicted molar refractivity (Wildman–Crippen MR) is 106 cm³/mol. The van der Waals surface area contributed by atoms with E-state index in [0.29, 0.717) is 5.69 Å². The number of amides is 1. The lowest BCUT2D eigenvalue weighted by Gasteiger charge is -2.29. The molecule has 2 atom stereocenters. The van der Waals surface area contributed by atoms with Crippen molar-refractivity contribution in [3.8, 4) is 0 Å². The minimum atomic E-state index is -3.66. The van der Waals surface area contributed by atoms with Gasteiger partial charge in [0.2, 0.25) is 15.9 Å². The molecule has 0 saturated carbocycles. The zero-order chi connectivity index (χ0) is 20.2. The maximum Gasteiger partial charge on any atom is 0.244 e. The number of nitrogens with one attached hydrogen (secondary N) is 1. The molecule has 1 N–H and O–H groups in total. The Morgan fingerprint density at radius 2 is 1.63 bits per heavy atom. The fourth-order valence-corrected chi connectivity index (χ4v) is 4.03. The SMILES string of the molecule is CCc1ccc(N([C@H](C)C(=O)N[C@H](C)c2ccc(F)cc2)S(C)(=O)=O)cc1. The van der Waals surface area contributed by atoms with Crippen molar-refractivity contribution in [2.24, 2.45) is 0 Å². The van der Waals surface area contributed by atoms with Crippen LogP contribution in [0, 0.1) is 5.82 Å². The Morgan fingerprint density at radius 3 is 2.11 bits per heavy atom. The van der Waals surface area contributed by atoms with Crippen LogP contribution in [-0.4, -0.2) is 26.6 Å². The van der Waals surface area contributed by atoms with Gasteiger partial charge in [0.1, 0.15) is 11.9 Å². The van der Waals surface area contributed by atoms with E-state index < -0.39 is 22.0 Å². The van der Waals surface area contributed by atoms with Gasteiger partial charge in [-0.25, -0.2) is 12.8 Å². The maximum absolute atomic E-state index is 13.1. The highest BCUT2D eigenvalue weighted by atomic mass is 32.2. The second-order valence-corrected chi connectivity index (χ2v) is 8.40. The third kappa shape index (κ3) is 5.29. The van der Waals surface area contributed by atoms with Gasteiger partial charge in [0.05, 0.1) is 18.0 Å². The number of halogens is 1. The number of carbonyl (C=O) groups excluding carboxylic acids is 1. The highest BCUT2D eigenvalue weighted by Gasteiger charge is 2.29. The fraction of sp³-hybridized carbons (Fsp3) is 0.350. The van der Waals surface area contributed by atoms with E-state index >= 15 is 0 Å². The molecule has 2 aromatic rings. The van der Waals surface area contributed by atoms with Crippen molar-refractivity contribution in [1.82, 2.24) is 5.32 Å². The molecule has 0 unspecified atom stereocenters. The smallest absolute Gasteiger partial charge is 0.244 e. The first-order valence-corrected chi connectivity index (χ1v) is 10.6. The maximum atomic E-state index is 13.1. The standard InChI is InChI=1S/C20H25FN2O3S/c1-5-16-6-12-19(13-7-16)23(27(4,25)26)15(3)20(24)22-14(2)17-8-10-18(21)11-9-17/h6-15H,5H2,1-4H3,(H,22,24)/t14-,15-/m1/s1. The molecule has 0 aliphatic carbocycles. The molecule has 0 heterocycles. The van der Waals surface area contributed by atoms with Crippen LogP contribution < -0.4 is 9.62 Å². The second kappa shape index (κ2) is 8.52. The van der Waals surface area contributed by atoms with Crippen molar-refractivity contribution in [3.63, 3.8) is 0 Å². The number of nitrogens with zero attached hydrogens (tertiary/aromatic N) is 1. The Hall–Kier alpha value is -2.41. The van der Waals surface area contributed by atoms with Crippen molar-refractivity contribution < 1.29 is 17.6 Å². The second-order valence-electron chi connectivity index (χ2n) is 6.54. The molecule has 0 spiro atoms. The van der Waals surface area contributed by atoms with Gasteiger partial charge in [-0.1, -0.05) is 31.2 Å². The Morgan fingerprint density at radius 1 is 1.07 bits per heavy atom. The molecular formula is C20H25FN2O3S. The monoisotopic (exact) mass is 392 g/mol. The van der Waals surface area contributed by atoms with Gasteiger partial charge in [-0.05, 0) is 55.7 Å². The largest absolute Gasteiger partial charge is 0.348 e. The molecule has 2 rings (SSSR count). The number of rotatable bonds is 7. The Balaban J connectivity index is 2.22. The Kier molecular flexibility index (Phi) is 6.59. The lowest BCUT2D eigenvalue weighted by atomic mass is 10.1. The van der Waals surface area contributed by atoms with Gasteiger partial charge in [-0.15, -0.1) is 0 Å². The van der Waals surface area contributed by atoms with Crippen molar-refractivity contribution in [2.45, 2.75) is 39.3 Å². The van der Waals surface area contributed by atoms with E-state index in [0.717, 1.165) is 28.1 Å². The zero-order valence-electron chi connectivity index (χ0n) is 15.9. The molecule has 0 radical (unpaired) electrons. The number of hydrogen-bond acceptors (Lipinski definition) is 3. The van der Waals surface area contributed by atoms with Gasteiger partial charge < -0.3 is 5.32 Å². The van der Waals surface area contributed by atoms with Crippen LogP contribution in [0.15, 0.2) is 48.5 Å². The first-order chi connectivity index (χ1) is 12.6. The molecule has 7 heteroatoms. The Bertz CT molecular complexity index is 880. The first kappa shape index (κ1) is 20.9. The lowest BCUT2D eigenvalue weighted by Crippen LogP contribution is -2.48. The summed E-state index contributed by atoms with van der Waals surface area (Å²) in [6.45, 7) is 5.32. The van der Waals surface area contributed by atoms with E-state index in [-0.39, 0.29) is 11.9 Å². The summed E-state index contributed by atoms with van der Waals surface area (Å²) in [5.41, 5.74) is 2.25. The molecule has 0 fully saturated rings. The van der Waals surface area contributed by atoms with Crippen LogP contribution in [0.25, 0.3) is 0 Å². The predicted octanol–water partition coefficient (Wildman–Crippen LogP) is 3.42. The van der Waals surface area contributed by atoms with E-state index in [1.807, 2.05) is 19.1 Å². The summed E-state index contributed by atoms with van der Waals surface area (Å²) < 4.78 is 38.8. The van der Waals surface area contributed by atoms with Crippen molar-refractivity contribution in [2.75, 3.05) is 10.6 Å². The summed E-state index contributed by atoms with van der Waals surface area (Å²) in [4.78, 5) is 12.7. The molecule has 146 valence electrons. The van der Waals surface area contributed by atoms with Crippen LogP contribution in [0.1, 0.15) is 37.9 Å². The molecule has 0 aliphatic rings. The van der Waals surface area contributed by atoms with Gasteiger partial charge in [0, 0.05) is 0 Å². The number of anilines is 1. The van der Waals surface area contributed by atoms with Crippen LogP contribution in [0.2, 0.25) is 0 Å². The van der Waals surface area contributed by atoms with Gasteiger partial charge in [-0.3, -0.25) is 9.10 Å². The number of benzene rings is 2. The number of carbonyl (C=O) groups is 1. The number of hydrogen-bond donors (Lipinski definition) is 1. The molecule has 2 aromatic carbocycles. The molecule has 0 bridgehead atoms. The van der Waals surface area contributed by atoms with Crippen LogP contribution in [0.3, 0.4) is 0 Å². The third-order valence-electron chi connectivity index (χ3n) is 4.42. The summed E-state index contributed by atoms with van der Waals surface area (Å²) in [6.07, 6.45) is 1.91. The molecule has 27 heavy (non-hydrogen) atoms. The molecule has 1 amide bonds. The topological polar surface area (TPSA) is 66.5 Å². The van der Waals surface area contributed by atoms with E-state index in [1.54, 1.807) is 38.1 Å². The number of sulfonamides is 1. The average molecular weight is 392 g/mol. The Labute approximate surface area is 160 Å². The van der Waals surface area contributed by atoms with Crippen molar-refractivity contribution in [3.05, 3.63) is 65.5 Å². The molecule has 0 saturated heterocycles. The van der Waals surface area contributed by atoms with Crippen molar-refractivity contribution in [1.29, 1.82) is 0 Å². The quantitative estimate of drug-likeness (QED) is 0.785. The summed E-state index contributed by atoms with van der Waals surface area (Å²) in [5, 5.41) is 2.79. The molecular weight excluding hydrogens is 367 g/mol. The average Bonchev–Trinajstić information content (AvgIpc) is 2.61. The normalized spacial score (nSPS) is 13.7. The van der Waals surface area contributed by atoms with E-state index in [9.17, 15) is 17.6 Å². The highest BCUT2D eigenvalue weighted by molar-refractivity contribution is 7.92. The summed E-state index contributed by atoms with van der Waals surface area (Å²) in [6, 6.07) is 11.6. The molecule has 0 aromatic heterocycles. The highest BCUT2D eigenvalue weighted by Crippen LogP contribution is 2.22. The minimum absolute atomic E-state index is 0.357. The van der Waals surface area contributed by atoms with E-state index in [1.165, 1.54) is 12.1 Å². The van der Waals surface area contributed by atoms with Crippen LogP contribution >= 0.6 is 0 Å². The third-order valence-corrected chi connectivity index (χ3v) is 5.66. The summed E-state index contributed by atoms with van der Waals surface area (Å²) in [7, 11) is -3.66. The zero-order valence-corrected chi connectivity index (χ0v) is 16.8. The van der Waals surface area contributed by atoms with Gasteiger partial charge in [0.25, 0.3) is 0 Å². The van der Waals surface area contributed by atoms with Crippen molar-refractivity contribution >= 4 is 21.6 Å². The van der Waals surface area contributed by atoms with E-state index in [4.69, 9.17) is 0 Å². The van der Waals surface area contributed by atoms with Crippen LogP contribution in [0.5, 0.6) is 0 Å². The minimum Gasteiger partial charge on any atom is -0.348 e.